The fourth-order valence-electron chi connectivity index (χ4n) is 2.12. The van der Waals surface area contributed by atoms with Gasteiger partial charge in [0.2, 0.25) is 6.41 Å². The van der Waals surface area contributed by atoms with Gasteiger partial charge < -0.3 is 16.4 Å². The van der Waals surface area contributed by atoms with E-state index in [0.717, 1.165) is 12.6 Å². The minimum atomic E-state index is 0.250. The summed E-state index contributed by atoms with van der Waals surface area (Å²) in [4.78, 5) is 8.58. The van der Waals surface area contributed by atoms with Gasteiger partial charge >= 0.3 is 0 Å². The lowest BCUT2D eigenvalue weighted by Crippen LogP contribution is -2.61. The van der Waals surface area contributed by atoms with E-state index < -0.39 is 0 Å². The van der Waals surface area contributed by atoms with Gasteiger partial charge in [-0.3, -0.25) is 4.79 Å². The third kappa shape index (κ3) is 2.19. The number of nitrogens with one attached hydrogen (secondary N) is 2. The highest BCUT2D eigenvalue weighted by Crippen LogP contribution is 2.29. The Balaban J connectivity index is 0.000000251. The van der Waals surface area contributed by atoms with E-state index in [4.69, 9.17) is 4.79 Å². The highest BCUT2D eigenvalue weighted by Gasteiger charge is 2.41. The van der Waals surface area contributed by atoms with Gasteiger partial charge in [0.05, 0.1) is 0 Å². The average molecular weight is 185 g/mol. The summed E-state index contributed by atoms with van der Waals surface area (Å²) < 4.78 is 0. The van der Waals surface area contributed by atoms with Gasteiger partial charge in [-0.1, -0.05) is 0 Å². The van der Waals surface area contributed by atoms with Crippen molar-refractivity contribution < 1.29 is 4.79 Å². The predicted molar refractivity (Wildman–Crippen MR) is 52.3 cm³/mol. The van der Waals surface area contributed by atoms with Gasteiger partial charge in [-0.2, -0.15) is 0 Å². The SMILES string of the molecule is CC1NCC2CCC1(C)N2.NC=O. The molecule has 0 aromatic rings. The summed E-state index contributed by atoms with van der Waals surface area (Å²) in [6.07, 6.45) is 2.94. The van der Waals surface area contributed by atoms with E-state index in [1.807, 2.05) is 0 Å². The fourth-order valence-corrected chi connectivity index (χ4v) is 2.12. The molecule has 0 aliphatic carbocycles. The number of fused-ring (bicyclic) bond motifs is 2. The number of carbonyl (C=O) groups is 1. The predicted octanol–water partition coefficient (Wildman–Crippen LogP) is -0.410. The number of rotatable bonds is 0. The summed E-state index contributed by atoms with van der Waals surface area (Å²) in [5.74, 6) is 0. The van der Waals surface area contributed by atoms with Crippen molar-refractivity contribution in [2.45, 2.75) is 44.3 Å². The van der Waals surface area contributed by atoms with Crippen LogP contribution in [0.3, 0.4) is 0 Å². The third-order valence-electron chi connectivity index (χ3n) is 3.17. The smallest absolute Gasteiger partial charge is 0.204 e. The highest BCUT2D eigenvalue weighted by molar-refractivity contribution is 5.42. The van der Waals surface area contributed by atoms with Crippen LogP contribution in [0.1, 0.15) is 26.7 Å². The zero-order valence-electron chi connectivity index (χ0n) is 8.34. The molecule has 2 saturated heterocycles. The number of hydrogen-bond acceptors (Lipinski definition) is 3. The number of primary amides is 1. The van der Waals surface area contributed by atoms with Gasteiger partial charge in [0.15, 0.2) is 0 Å². The van der Waals surface area contributed by atoms with Crippen molar-refractivity contribution in [2.75, 3.05) is 6.54 Å². The van der Waals surface area contributed by atoms with Crippen molar-refractivity contribution in [1.82, 2.24) is 10.6 Å². The molecule has 13 heavy (non-hydrogen) atoms. The van der Waals surface area contributed by atoms with Crippen LogP contribution in [0, 0.1) is 0 Å². The minimum Gasteiger partial charge on any atom is -0.372 e. The number of piperazine rings is 1. The molecule has 0 spiro atoms. The first-order valence-electron chi connectivity index (χ1n) is 4.79. The summed E-state index contributed by atoms with van der Waals surface area (Å²) in [7, 11) is 0. The van der Waals surface area contributed by atoms with Crippen molar-refractivity contribution in [2.24, 2.45) is 5.73 Å². The van der Waals surface area contributed by atoms with Crippen molar-refractivity contribution in [1.29, 1.82) is 0 Å². The molecule has 2 aliphatic heterocycles. The van der Waals surface area contributed by atoms with E-state index in [-0.39, 0.29) is 6.41 Å². The Bertz CT molecular complexity index is 184. The maximum atomic E-state index is 8.58. The molecular weight excluding hydrogens is 166 g/mol. The summed E-state index contributed by atoms with van der Waals surface area (Å²) in [6, 6.07) is 1.40. The molecule has 0 aromatic heterocycles. The van der Waals surface area contributed by atoms with Crippen LogP contribution in [0.2, 0.25) is 0 Å². The van der Waals surface area contributed by atoms with Gasteiger partial charge in [0.1, 0.15) is 0 Å². The molecule has 3 atom stereocenters. The molecule has 4 heteroatoms. The Hall–Kier alpha value is -0.610. The van der Waals surface area contributed by atoms with Crippen LogP contribution in [0.25, 0.3) is 0 Å². The Morgan fingerprint density at radius 1 is 1.62 bits per heavy atom. The maximum Gasteiger partial charge on any atom is 0.204 e. The topological polar surface area (TPSA) is 67.2 Å². The lowest BCUT2D eigenvalue weighted by Gasteiger charge is -2.38. The van der Waals surface area contributed by atoms with Crippen molar-refractivity contribution in [3.8, 4) is 0 Å². The van der Waals surface area contributed by atoms with Crippen LogP contribution >= 0.6 is 0 Å². The van der Waals surface area contributed by atoms with Crippen molar-refractivity contribution in [3.05, 3.63) is 0 Å². The van der Waals surface area contributed by atoms with Gasteiger partial charge in [-0.25, -0.2) is 0 Å². The Labute approximate surface area is 79.3 Å². The van der Waals surface area contributed by atoms with E-state index in [1.54, 1.807) is 0 Å². The molecule has 2 fully saturated rings. The standard InChI is InChI=1S/C8H16N2.CH3NO/c1-6-8(2)4-3-7(10-8)5-9-6;2-1-3/h6-7,9-10H,3-5H2,1-2H3;1H,(H2,2,3). The molecule has 2 aliphatic rings. The first-order chi connectivity index (χ1) is 6.12. The first kappa shape index (κ1) is 10.5. The second-order valence-corrected chi connectivity index (χ2v) is 4.06. The maximum absolute atomic E-state index is 8.58. The Morgan fingerprint density at radius 3 is 2.77 bits per heavy atom. The second kappa shape index (κ2) is 4.07. The molecule has 0 radical (unpaired) electrons. The van der Waals surface area contributed by atoms with Crippen LogP contribution in [0.4, 0.5) is 0 Å². The second-order valence-electron chi connectivity index (χ2n) is 4.06. The van der Waals surface area contributed by atoms with E-state index >= 15 is 0 Å². The zero-order valence-corrected chi connectivity index (χ0v) is 8.34. The first-order valence-corrected chi connectivity index (χ1v) is 4.79. The summed E-state index contributed by atoms with van der Waals surface area (Å²) in [5.41, 5.74) is 4.56. The molecule has 2 rings (SSSR count). The van der Waals surface area contributed by atoms with E-state index in [2.05, 4.69) is 30.2 Å². The quantitative estimate of drug-likeness (QED) is 0.449. The fraction of sp³-hybridized carbons (Fsp3) is 0.889. The lowest BCUT2D eigenvalue weighted by atomic mass is 9.92. The normalized spacial score (nSPS) is 42.0. The van der Waals surface area contributed by atoms with Crippen LogP contribution in [0.15, 0.2) is 0 Å². The number of carbonyl (C=O) groups excluding carboxylic acids is 1. The largest absolute Gasteiger partial charge is 0.372 e. The van der Waals surface area contributed by atoms with Gasteiger partial charge in [-0.05, 0) is 26.7 Å². The van der Waals surface area contributed by atoms with Crippen LogP contribution < -0.4 is 16.4 Å². The minimum absolute atomic E-state index is 0.250. The molecule has 4 N–H and O–H groups in total. The lowest BCUT2D eigenvalue weighted by molar-refractivity contribution is -0.106. The number of hydrogen-bond donors (Lipinski definition) is 3. The molecule has 76 valence electrons. The number of nitrogens with two attached hydrogens (primary N) is 1. The van der Waals surface area contributed by atoms with E-state index in [0.29, 0.717) is 11.6 Å². The van der Waals surface area contributed by atoms with Gasteiger partial charge in [0, 0.05) is 24.2 Å². The highest BCUT2D eigenvalue weighted by atomic mass is 16.1. The summed E-state index contributed by atoms with van der Waals surface area (Å²) in [5, 5.41) is 7.18. The van der Waals surface area contributed by atoms with Gasteiger partial charge in [0.25, 0.3) is 0 Å². The summed E-state index contributed by atoms with van der Waals surface area (Å²) >= 11 is 0. The van der Waals surface area contributed by atoms with E-state index in [9.17, 15) is 0 Å². The zero-order chi connectivity index (χ0) is 9.90. The molecule has 0 aromatic carbocycles. The molecule has 1 amide bonds. The van der Waals surface area contributed by atoms with Crippen molar-refractivity contribution >= 4 is 6.41 Å². The van der Waals surface area contributed by atoms with Crippen LogP contribution in [-0.4, -0.2) is 30.6 Å². The average Bonchev–Trinajstić information content (AvgIpc) is 2.40. The van der Waals surface area contributed by atoms with Gasteiger partial charge in [-0.15, -0.1) is 0 Å². The third-order valence-corrected chi connectivity index (χ3v) is 3.17. The molecule has 0 saturated carbocycles. The number of amides is 1. The molecule has 2 heterocycles. The Kier molecular flexibility index (Phi) is 3.27. The van der Waals surface area contributed by atoms with Crippen LogP contribution in [0.5, 0.6) is 0 Å². The molecule has 2 bridgehead atoms. The Morgan fingerprint density at radius 2 is 2.23 bits per heavy atom. The van der Waals surface area contributed by atoms with E-state index in [1.165, 1.54) is 12.8 Å². The molecule has 3 unspecified atom stereocenters. The molecular formula is C9H19N3O. The summed E-state index contributed by atoms with van der Waals surface area (Å²) in [6.45, 7) is 5.76. The van der Waals surface area contributed by atoms with Crippen LogP contribution in [-0.2, 0) is 4.79 Å². The van der Waals surface area contributed by atoms with Crippen molar-refractivity contribution in [3.63, 3.8) is 0 Å². The monoisotopic (exact) mass is 185 g/mol. The molecule has 4 nitrogen and oxygen atoms in total.